The van der Waals surface area contributed by atoms with Crippen LogP contribution in [0.15, 0.2) is 54.6 Å². The Labute approximate surface area is 167 Å². The number of halogens is 1. The Kier molecular flexibility index (Phi) is 7.05. The number of carbonyl (C=O) groups is 1. The molecule has 0 aliphatic heterocycles. The predicted octanol–water partition coefficient (Wildman–Crippen LogP) is 3.34. The third kappa shape index (κ3) is 5.83. The Bertz CT molecular complexity index is 887. The molecule has 0 radical (unpaired) electrons. The molecule has 0 bridgehead atoms. The average molecular weight is 400 g/mol. The number of benzene rings is 2. The zero-order valence-corrected chi connectivity index (χ0v) is 16.3. The van der Waals surface area contributed by atoms with E-state index in [9.17, 15) is 9.18 Å². The Hall–Kier alpha value is -2.84. The molecule has 1 heterocycles. The van der Waals surface area contributed by atoms with E-state index >= 15 is 0 Å². The molecule has 0 fully saturated rings. The maximum atomic E-state index is 13.1. The molecule has 6 nitrogen and oxygen atoms in total. The highest BCUT2D eigenvalue weighted by molar-refractivity contribution is 7.09. The molecule has 3 aromatic rings. The van der Waals surface area contributed by atoms with Gasteiger partial charge in [0.05, 0.1) is 6.61 Å². The van der Waals surface area contributed by atoms with Crippen molar-refractivity contribution in [2.24, 2.45) is 0 Å². The highest BCUT2D eigenvalue weighted by Crippen LogP contribution is 2.21. The molecule has 146 valence electrons. The lowest BCUT2D eigenvalue weighted by Crippen LogP contribution is -2.37. The van der Waals surface area contributed by atoms with E-state index in [0.717, 1.165) is 11.1 Å². The summed E-state index contributed by atoms with van der Waals surface area (Å²) in [5.74, 6) is 0.105. The van der Waals surface area contributed by atoms with E-state index in [4.69, 9.17) is 4.84 Å². The van der Waals surface area contributed by atoms with Crippen molar-refractivity contribution in [3.05, 3.63) is 77.4 Å². The summed E-state index contributed by atoms with van der Waals surface area (Å²) in [6, 6.07) is 16.1. The average Bonchev–Trinajstić information content (AvgIpc) is 3.17. The number of nitrogens with one attached hydrogen (secondary N) is 1. The van der Waals surface area contributed by atoms with Gasteiger partial charge in [-0.2, -0.15) is 4.37 Å². The number of aromatic nitrogens is 2. The number of nitrogens with zero attached hydrogens (tertiary/aromatic N) is 3. The van der Waals surface area contributed by atoms with Crippen LogP contribution in [0, 0.1) is 5.82 Å². The zero-order valence-electron chi connectivity index (χ0n) is 15.5. The maximum absolute atomic E-state index is 13.1. The lowest BCUT2D eigenvalue weighted by molar-refractivity contribution is -0.131. The topological polar surface area (TPSA) is 67.3 Å². The number of hydrogen-bond donors (Lipinski definition) is 1. The SMILES string of the molecule is CCONC(=O)CN(Cc1ccccc1)c1nc(Cc2ccc(F)cc2)ns1. The Morgan fingerprint density at radius 2 is 1.89 bits per heavy atom. The number of hydroxylamine groups is 1. The lowest BCUT2D eigenvalue weighted by Gasteiger charge is -2.20. The minimum absolute atomic E-state index is 0.0973. The van der Waals surface area contributed by atoms with Crippen LogP contribution in [0.2, 0.25) is 0 Å². The fraction of sp³-hybridized carbons (Fsp3) is 0.250. The van der Waals surface area contributed by atoms with E-state index in [1.165, 1.54) is 23.7 Å². The van der Waals surface area contributed by atoms with E-state index in [0.29, 0.717) is 30.5 Å². The van der Waals surface area contributed by atoms with Gasteiger partial charge in [0.25, 0.3) is 5.91 Å². The fourth-order valence-electron chi connectivity index (χ4n) is 2.58. The first-order valence-electron chi connectivity index (χ1n) is 8.90. The van der Waals surface area contributed by atoms with Gasteiger partial charge in [0.2, 0.25) is 5.13 Å². The molecular weight excluding hydrogens is 379 g/mol. The van der Waals surface area contributed by atoms with Crippen molar-refractivity contribution in [1.29, 1.82) is 0 Å². The van der Waals surface area contributed by atoms with Crippen molar-refractivity contribution in [2.45, 2.75) is 19.9 Å². The van der Waals surface area contributed by atoms with Crippen molar-refractivity contribution < 1.29 is 14.0 Å². The first-order valence-corrected chi connectivity index (χ1v) is 9.68. The summed E-state index contributed by atoms with van der Waals surface area (Å²) in [6.07, 6.45) is 0.501. The van der Waals surface area contributed by atoms with Gasteiger partial charge in [0.1, 0.15) is 18.2 Å². The fourth-order valence-corrected chi connectivity index (χ4v) is 3.27. The van der Waals surface area contributed by atoms with Crippen molar-refractivity contribution in [3.8, 4) is 0 Å². The summed E-state index contributed by atoms with van der Waals surface area (Å²) in [5, 5.41) is 0.646. The largest absolute Gasteiger partial charge is 0.333 e. The van der Waals surface area contributed by atoms with E-state index < -0.39 is 0 Å². The smallest absolute Gasteiger partial charge is 0.263 e. The standard InChI is InChI=1S/C20H21FN4O2S/c1-2-27-23-19(26)14-25(13-16-6-4-3-5-7-16)20-22-18(24-28-20)12-15-8-10-17(21)11-9-15/h3-11H,2,12-14H2,1H3,(H,23,26). The molecule has 1 amide bonds. The van der Waals surface area contributed by atoms with Crippen molar-refractivity contribution in [1.82, 2.24) is 14.8 Å². The summed E-state index contributed by atoms with van der Waals surface area (Å²) < 4.78 is 17.5. The first kappa shape index (κ1) is 19.9. The van der Waals surface area contributed by atoms with Gasteiger partial charge in [-0.1, -0.05) is 42.5 Å². The van der Waals surface area contributed by atoms with Crippen LogP contribution in [0.3, 0.4) is 0 Å². The highest BCUT2D eigenvalue weighted by Gasteiger charge is 2.17. The third-order valence-electron chi connectivity index (χ3n) is 3.88. The number of anilines is 1. The summed E-state index contributed by atoms with van der Waals surface area (Å²) in [7, 11) is 0. The van der Waals surface area contributed by atoms with Crippen molar-refractivity contribution in [2.75, 3.05) is 18.1 Å². The summed E-state index contributed by atoms with van der Waals surface area (Å²) in [4.78, 5) is 23.6. The summed E-state index contributed by atoms with van der Waals surface area (Å²) in [5.41, 5.74) is 4.39. The first-order chi connectivity index (χ1) is 13.6. The Morgan fingerprint density at radius 1 is 1.14 bits per heavy atom. The molecule has 1 aromatic heterocycles. The van der Waals surface area contributed by atoms with E-state index in [1.54, 1.807) is 19.1 Å². The van der Waals surface area contributed by atoms with Gasteiger partial charge in [-0.25, -0.2) is 14.9 Å². The Morgan fingerprint density at radius 3 is 2.61 bits per heavy atom. The quantitative estimate of drug-likeness (QED) is 0.558. The van der Waals surface area contributed by atoms with Crippen LogP contribution in [-0.4, -0.2) is 28.4 Å². The van der Waals surface area contributed by atoms with Crippen LogP contribution in [0.5, 0.6) is 0 Å². The maximum Gasteiger partial charge on any atom is 0.263 e. The minimum atomic E-state index is -0.273. The van der Waals surface area contributed by atoms with E-state index in [-0.39, 0.29) is 18.3 Å². The van der Waals surface area contributed by atoms with Crippen LogP contribution < -0.4 is 10.4 Å². The van der Waals surface area contributed by atoms with Crippen LogP contribution in [0.4, 0.5) is 9.52 Å². The number of hydrogen-bond acceptors (Lipinski definition) is 6. The summed E-state index contributed by atoms with van der Waals surface area (Å²) >= 11 is 1.24. The Balaban J connectivity index is 1.74. The van der Waals surface area contributed by atoms with Gasteiger partial charge in [0.15, 0.2) is 0 Å². The molecule has 0 unspecified atom stereocenters. The molecule has 0 spiro atoms. The van der Waals surface area contributed by atoms with Gasteiger partial charge in [-0.15, -0.1) is 0 Å². The molecule has 28 heavy (non-hydrogen) atoms. The number of rotatable bonds is 9. The molecule has 0 saturated carbocycles. The zero-order chi connectivity index (χ0) is 19.8. The van der Waals surface area contributed by atoms with Gasteiger partial charge in [0, 0.05) is 24.5 Å². The predicted molar refractivity (Wildman–Crippen MR) is 106 cm³/mol. The molecular formula is C20H21FN4O2S. The van der Waals surface area contributed by atoms with E-state index in [1.807, 2.05) is 35.2 Å². The third-order valence-corrected chi connectivity index (χ3v) is 4.70. The summed E-state index contributed by atoms with van der Waals surface area (Å²) in [6.45, 7) is 2.81. The molecule has 0 saturated heterocycles. The minimum Gasteiger partial charge on any atom is -0.333 e. The second-order valence-corrected chi connectivity index (χ2v) is 6.83. The van der Waals surface area contributed by atoms with Gasteiger partial charge in [-0.3, -0.25) is 9.63 Å². The highest BCUT2D eigenvalue weighted by atomic mass is 32.1. The molecule has 0 atom stereocenters. The second kappa shape index (κ2) is 9.91. The second-order valence-electron chi connectivity index (χ2n) is 6.10. The number of carbonyl (C=O) groups excluding carboxylic acids is 1. The monoisotopic (exact) mass is 400 g/mol. The van der Waals surface area contributed by atoms with Crippen LogP contribution in [0.25, 0.3) is 0 Å². The lowest BCUT2D eigenvalue weighted by atomic mass is 10.1. The number of amides is 1. The van der Waals surface area contributed by atoms with Crippen LogP contribution in [-0.2, 0) is 22.6 Å². The van der Waals surface area contributed by atoms with Gasteiger partial charge in [-0.05, 0) is 30.2 Å². The van der Waals surface area contributed by atoms with Gasteiger partial charge >= 0.3 is 0 Å². The van der Waals surface area contributed by atoms with Crippen LogP contribution >= 0.6 is 11.5 Å². The molecule has 0 aliphatic rings. The molecule has 2 aromatic carbocycles. The molecule has 1 N–H and O–H groups in total. The van der Waals surface area contributed by atoms with E-state index in [2.05, 4.69) is 14.8 Å². The molecule has 0 aliphatic carbocycles. The molecule has 3 rings (SSSR count). The molecule has 8 heteroatoms. The van der Waals surface area contributed by atoms with Crippen molar-refractivity contribution >= 4 is 22.6 Å². The van der Waals surface area contributed by atoms with Crippen LogP contribution in [0.1, 0.15) is 23.9 Å². The normalized spacial score (nSPS) is 10.6. The van der Waals surface area contributed by atoms with Gasteiger partial charge < -0.3 is 4.90 Å². The van der Waals surface area contributed by atoms with Crippen molar-refractivity contribution in [3.63, 3.8) is 0 Å².